The smallest absolute Gasteiger partial charge is 0.407 e. The van der Waals surface area contributed by atoms with Gasteiger partial charge in [0.25, 0.3) is 0 Å². The summed E-state index contributed by atoms with van der Waals surface area (Å²) >= 11 is 0. The molecule has 0 aromatic heterocycles. The van der Waals surface area contributed by atoms with Crippen LogP contribution in [0.15, 0.2) is 0 Å². The van der Waals surface area contributed by atoms with Crippen molar-refractivity contribution in [1.82, 2.24) is 5.32 Å². The van der Waals surface area contributed by atoms with Gasteiger partial charge >= 0.3 is 6.09 Å². The van der Waals surface area contributed by atoms with Crippen molar-refractivity contribution in [3.05, 3.63) is 0 Å². The zero-order valence-electron chi connectivity index (χ0n) is 10.6. The molecule has 0 aliphatic carbocycles. The monoisotopic (exact) mass is 233 g/mol. The minimum Gasteiger partial charge on any atom is -0.444 e. The summed E-state index contributed by atoms with van der Waals surface area (Å²) in [7, 11) is 1.54. The maximum atomic E-state index is 11.2. The third kappa shape index (κ3) is 9.73. The number of ether oxygens (including phenoxy) is 2. The van der Waals surface area contributed by atoms with Crippen LogP contribution < -0.4 is 5.32 Å². The fraction of sp³-hybridized carbons (Fsp3) is 0.909. The topological polar surface area (TPSA) is 67.8 Å². The first-order chi connectivity index (χ1) is 7.35. The van der Waals surface area contributed by atoms with Crippen molar-refractivity contribution in [2.45, 2.75) is 45.3 Å². The maximum absolute atomic E-state index is 11.2. The third-order valence-corrected chi connectivity index (χ3v) is 1.74. The van der Waals surface area contributed by atoms with Gasteiger partial charge in [0.05, 0.1) is 12.7 Å². The lowest BCUT2D eigenvalue weighted by Gasteiger charge is -2.19. The zero-order valence-corrected chi connectivity index (χ0v) is 10.6. The Kier molecular flexibility index (Phi) is 7.08. The van der Waals surface area contributed by atoms with Crippen LogP contribution in [0.3, 0.4) is 0 Å². The van der Waals surface area contributed by atoms with Gasteiger partial charge in [-0.1, -0.05) is 0 Å². The molecule has 0 saturated carbocycles. The average Bonchev–Trinajstić information content (AvgIpc) is 2.10. The van der Waals surface area contributed by atoms with Crippen molar-refractivity contribution in [1.29, 1.82) is 0 Å². The summed E-state index contributed by atoms with van der Waals surface area (Å²) in [6, 6.07) is 0. The van der Waals surface area contributed by atoms with Gasteiger partial charge < -0.3 is 19.9 Å². The van der Waals surface area contributed by atoms with E-state index >= 15 is 0 Å². The van der Waals surface area contributed by atoms with Crippen LogP contribution in [0.2, 0.25) is 0 Å². The van der Waals surface area contributed by atoms with Gasteiger partial charge in [0.2, 0.25) is 0 Å². The predicted octanol–water partition coefficient (Wildman–Crippen LogP) is 1.30. The summed E-state index contributed by atoms with van der Waals surface area (Å²) in [6.45, 7) is 6.26. The number of nitrogens with one attached hydrogen (secondary N) is 1. The van der Waals surface area contributed by atoms with Crippen molar-refractivity contribution < 1.29 is 19.4 Å². The predicted molar refractivity (Wildman–Crippen MR) is 61.4 cm³/mol. The molecule has 5 heteroatoms. The Morgan fingerprint density at radius 1 is 1.44 bits per heavy atom. The average molecular weight is 233 g/mol. The SMILES string of the molecule is COCC(O)CCCNC(=O)OC(C)(C)C. The molecule has 0 aromatic carbocycles. The number of hydrogen-bond donors (Lipinski definition) is 2. The highest BCUT2D eigenvalue weighted by Gasteiger charge is 2.15. The first-order valence-corrected chi connectivity index (χ1v) is 5.49. The number of methoxy groups -OCH3 is 1. The molecule has 0 saturated heterocycles. The summed E-state index contributed by atoms with van der Waals surface area (Å²) < 4.78 is 9.84. The van der Waals surface area contributed by atoms with Crippen molar-refractivity contribution in [2.24, 2.45) is 0 Å². The lowest BCUT2D eigenvalue weighted by Crippen LogP contribution is -2.33. The molecular formula is C11H23NO4. The molecule has 1 atom stereocenters. The molecule has 0 radical (unpaired) electrons. The Balaban J connectivity index is 3.48. The fourth-order valence-electron chi connectivity index (χ4n) is 1.12. The van der Waals surface area contributed by atoms with Crippen LogP contribution in [0.25, 0.3) is 0 Å². The molecule has 16 heavy (non-hydrogen) atoms. The molecule has 0 rings (SSSR count). The molecule has 96 valence electrons. The van der Waals surface area contributed by atoms with E-state index < -0.39 is 17.8 Å². The van der Waals surface area contributed by atoms with Crippen molar-refractivity contribution >= 4 is 6.09 Å². The van der Waals surface area contributed by atoms with Gasteiger partial charge in [0.1, 0.15) is 5.60 Å². The lowest BCUT2D eigenvalue weighted by molar-refractivity contribution is 0.0495. The summed E-state index contributed by atoms with van der Waals surface area (Å²) in [5.41, 5.74) is -0.473. The molecule has 5 nitrogen and oxygen atoms in total. The number of carbonyl (C=O) groups excluding carboxylic acids is 1. The van der Waals surface area contributed by atoms with Crippen LogP contribution in [-0.4, -0.2) is 43.2 Å². The minimum absolute atomic E-state index is 0.326. The van der Waals surface area contributed by atoms with E-state index in [2.05, 4.69) is 5.32 Å². The number of hydrogen-bond acceptors (Lipinski definition) is 4. The normalized spacial score (nSPS) is 13.3. The fourth-order valence-corrected chi connectivity index (χ4v) is 1.12. The van der Waals surface area contributed by atoms with Gasteiger partial charge in [-0.3, -0.25) is 0 Å². The van der Waals surface area contributed by atoms with Gasteiger partial charge in [-0.05, 0) is 33.6 Å². The van der Waals surface area contributed by atoms with Crippen LogP contribution >= 0.6 is 0 Å². The van der Waals surface area contributed by atoms with E-state index in [-0.39, 0.29) is 0 Å². The largest absolute Gasteiger partial charge is 0.444 e. The van der Waals surface area contributed by atoms with Gasteiger partial charge in [-0.2, -0.15) is 0 Å². The molecule has 1 unspecified atom stereocenters. The van der Waals surface area contributed by atoms with Gasteiger partial charge in [-0.25, -0.2) is 4.79 Å². The first-order valence-electron chi connectivity index (χ1n) is 5.49. The Labute approximate surface area is 97.1 Å². The molecule has 2 N–H and O–H groups in total. The van der Waals surface area contributed by atoms with E-state index in [1.54, 1.807) is 7.11 Å². The molecule has 0 spiro atoms. The molecule has 0 aliphatic heterocycles. The quantitative estimate of drug-likeness (QED) is 0.678. The Morgan fingerprint density at radius 3 is 2.56 bits per heavy atom. The zero-order chi connectivity index (χ0) is 12.6. The highest BCUT2D eigenvalue weighted by Crippen LogP contribution is 2.06. The Bertz CT molecular complexity index is 201. The third-order valence-electron chi connectivity index (χ3n) is 1.74. The summed E-state index contributed by atoms with van der Waals surface area (Å²) in [5, 5.41) is 12.0. The molecular weight excluding hydrogens is 210 g/mol. The highest BCUT2D eigenvalue weighted by molar-refractivity contribution is 5.67. The molecule has 0 fully saturated rings. The second-order valence-corrected chi connectivity index (χ2v) is 4.68. The molecule has 0 aliphatic rings. The molecule has 0 heterocycles. The summed E-state index contributed by atoms with van der Waals surface area (Å²) in [4.78, 5) is 11.2. The number of rotatable bonds is 6. The van der Waals surface area contributed by atoms with E-state index in [0.717, 1.165) is 0 Å². The number of alkyl carbamates (subject to hydrolysis) is 1. The summed E-state index contributed by atoms with van der Waals surface area (Å²) in [5.74, 6) is 0. The Hall–Kier alpha value is -0.810. The van der Waals surface area contributed by atoms with E-state index in [1.165, 1.54) is 0 Å². The van der Waals surface area contributed by atoms with Crippen LogP contribution in [0.4, 0.5) is 4.79 Å². The molecule has 0 aromatic rings. The van der Waals surface area contributed by atoms with Crippen LogP contribution in [0, 0.1) is 0 Å². The van der Waals surface area contributed by atoms with Gasteiger partial charge in [0.15, 0.2) is 0 Å². The molecule has 0 bridgehead atoms. The van der Waals surface area contributed by atoms with E-state index in [9.17, 15) is 9.90 Å². The first kappa shape index (κ1) is 15.2. The van der Waals surface area contributed by atoms with Crippen LogP contribution in [-0.2, 0) is 9.47 Å². The van der Waals surface area contributed by atoms with Crippen molar-refractivity contribution in [3.8, 4) is 0 Å². The van der Waals surface area contributed by atoms with Crippen LogP contribution in [0.5, 0.6) is 0 Å². The van der Waals surface area contributed by atoms with Gasteiger partial charge in [-0.15, -0.1) is 0 Å². The second kappa shape index (κ2) is 7.46. The minimum atomic E-state index is -0.473. The van der Waals surface area contributed by atoms with E-state index in [1.807, 2.05) is 20.8 Å². The standard InChI is InChI=1S/C11H23NO4/c1-11(2,3)16-10(14)12-7-5-6-9(13)8-15-4/h9,13H,5-8H2,1-4H3,(H,12,14). The number of carbonyl (C=O) groups is 1. The van der Waals surface area contributed by atoms with Crippen molar-refractivity contribution in [3.63, 3.8) is 0 Å². The van der Waals surface area contributed by atoms with E-state index in [4.69, 9.17) is 9.47 Å². The van der Waals surface area contributed by atoms with Crippen molar-refractivity contribution in [2.75, 3.05) is 20.3 Å². The maximum Gasteiger partial charge on any atom is 0.407 e. The number of aliphatic hydroxyl groups excluding tert-OH is 1. The number of aliphatic hydroxyl groups is 1. The summed E-state index contributed by atoms with van der Waals surface area (Å²) in [6.07, 6.45) is 0.409. The van der Waals surface area contributed by atoms with Crippen LogP contribution in [0.1, 0.15) is 33.6 Å². The second-order valence-electron chi connectivity index (χ2n) is 4.68. The number of amides is 1. The Morgan fingerprint density at radius 2 is 2.06 bits per heavy atom. The lowest BCUT2D eigenvalue weighted by atomic mass is 10.2. The van der Waals surface area contributed by atoms with Gasteiger partial charge in [0, 0.05) is 13.7 Å². The molecule has 1 amide bonds. The highest BCUT2D eigenvalue weighted by atomic mass is 16.6. The van der Waals surface area contributed by atoms with E-state index in [0.29, 0.717) is 26.0 Å².